The van der Waals surface area contributed by atoms with Crippen molar-refractivity contribution >= 4 is 44.3 Å². The van der Waals surface area contributed by atoms with Gasteiger partial charge in [-0.15, -0.1) is 10.2 Å². The molecule has 0 atom stereocenters. The number of rotatable bonds is 4. The summed E-state index contributed by atoms with van der Waals surface area (Å²) in [7, 11) is -4.53. The molecule has 9 nitrogen and oxygen atoms in total. The fourth-order valence-corrected chi connectivity index (χ4v) is 5.74. The molecule has 0 saturated carbocycles. The summed E-state index contributed by atoms with van der Waals surface area (Å²) in [4.78, 5) is 21.0. The van der Waals surface area contributed by atoms with E-state index in [1.807, 2.05) is 0 Å². The monoisotopic (exact) mass is 467 g/mol. The van der Waals surface area contributed by atoms with Crippen LogP contribution in [0.2, 0.25) is 0 Å². The predicted molar refractivity (Wildman–Crippen MR) is 125 cm³/mol. The van der Waals surface area contributed by atoms with Gasteiger partial charge in [-0.3, -0.25) is 9.35 Å². The van der Waals surface area contributed by atoms with Gasteiger partial charge in [0, 0.05) is 24.3 Å². The Kier molecular flexibility index (Phi) is 4.91. The lowest BCUT2D eigenvalue weighted by molar-refractivity contribution is 0.101. The van der Waals surface area contributed by atoms with Crippen molar-refractivity contribution in [3.63, 3.8) is 0 Å². The molecule has 0 bridgehead atoms. The number of azo groups is 1. The smallest absolute Gasteiger partial charge is 0.297 e. The zero-order valence-corrected chi connectivity index (χ0v) is 19.5. The highest BCUT2D eigenvalue weighted by Gasteiger charge is 2.38. The minimum absolute atomic E-state index is 0.0628. The van der Waals surface area contributed by atoms with Crippen LogP contribution in [0.4, 0.5) is 17.3 Å². The van der Waals surface area contributed by atoms with Crippen LogP contribution in [0.25, 0.3) is 11.0 Å². The number of carbonyl (C=O) groups is 1. The van der Waals surface area contributed by atoms with E-state index in [9.17, 15) is 17.8 Å². The zero-order valence-electron chi connectivity index (χ0n) is 18.7. The molecule has 2 N–H and O–H groups in total. The first-order valence-corrected chi connectivity index (χ1v) is 12.3. The molecule has 0 spiro atoms. The Labute approximate surface area is 191 Å². The second kappa shape index (κ2) is 7.46. The molecule has 2 aliphatic rings. The summed E-state index contributed by atoms with van der Waals surface area (Å²) >= 11 is 0. The Morgan fingerprint density at radius 2 is 2.00 bits per heavy atom. The average molecular weight is 468 g/mol. The largest absolute Gasteiger partial charge is 0.371 e. The molecule has 0 fully saturated rings. The van der Waals surface area contributed by atoms with Gasteiger partial charge in [-0.25, -0.2) is 4.98 Å². The van der Waals surface area contributed by atoms with Crippen molar-refractivity contribution in [2.45, 2.75) is 50.3 Å². The minimum Gasteiger partial charge on any atom is -0.371 e. The number of benzene rings is 2. The summed E-state index contributed by atoms with van der Waals surface area (Å²) in [5.41, 5.74) is 4.26. The lowest BCUT2D eigenvalue weighted by Crippen LogP contribution is -2.41. The van der Waals surface area contributed by atoms with E-state index in [0.717, 1.165) is 37.2 Å². The maximum Gasteiger partial charge on any atom is 0.297 e. The molecule has 3 aromatic rings. The number of imidazole rings is 1. The van der Waals surface area contributed by atoms with Crippen LogP contribution in [0.3, 0.4) is 0 Å². The number of hydrogen-bond acceptors (Lipinski definition) is 7. The van der Waals surface area contributed by atoms with Crippen molar-refractivity contribution in [3.05, 3.63) is 41.0 Å². The van der Waals surface area contributed by atoms with Crippen LogP contribution in [0.1, 0.15) is 55.1 Å². The van der Waals surface area contributed by atoms with E-state index >= 15 is 0 Å². The number of hydrogen-bond donors (Lipinski definition) is 2. The third kappa shape index (κ3) is 3.72. The van der Waals surface area contributed by atoms with Crippen molar-refractivity contribution in [2.75, 3.05) is 18.0 Å². The van der Waals surface area contributed by atoms with Crippen molar-refractivity contribution in [1.82, 2.24) is 9.97 Å². The molecule has 0 aliphatic carbocycles. The summed E-state index contributed by atoms with van der Waals surface area (Å²) in [6.45, 7) is 7.46. The van der Waals surface area contributed by atoms with E-state index in [4.69, 9.17) is 0 Å². The first-order chi connectivity index (χ1) is 15.5. The van der Waals surface area contributed by atoms with Crippen LogP contribution in [-0.2, 0) is 22.0 Å². The van der Waals surface area contributed by atoms with Gasteiger partial charge in [0.1, 0.15) is 10.6 Å². The fraction of sp³-hybridized carbons (Fsp3) is 0.391. The Balaban J connectivity index is 1.66. The number of fused-ring (bicyclic) bond motifs is 1. The normalized spacial score (nSPS) is 17.5. The molecule has 3 heterocycles. The zero-order chi connectivity index (χ0) is 23.5. The van der Waals surface area contributed by atoms with Gasteiger partial charge in [0.05, 0.1) is 11.0 Å². The third-order valence-corrected chi connectivity index (χ3v) is 7.59. The number of aromatic nitrogens is 2. The number of nitrogens with one attached hydrogen (secondary N) is 1. The number of H-pyrrole nitrogens is 1. The molecule has 33 heavy (non-hydrogen) atoms. The topological polar surface area (TPSA) is 128 Å². The first-order valence-electron chi connectivity index (χ1n) is 10.9. The number of ketones is 1. The van der Waals surface area contributed by atoms with Gasteiger partial charge in [0.2, 0.25) is 5.95 Å². The fourth-order valence-electron chi connectivity index (χ4n) is 4.86. The molecule has 5 rings (SSSR count). The van der Waals surface area contributed by atoms with Crippen LogP contribution in [0, 0.1) is 0 Å². The Morgan fingerprint density at radius 1 is 1.21 bits per heavy atom. The van der Waals surface area contributed by atoms with Gasteiger partial charge in [-0.05, 0) is 67.0 Å². The van der Waals surface area contributed by atoms with Crippen molar-refractivity contribution in [2.24, 2.45) is 10.2 Å². The Bertz CT molecular complexity index is 1440. The van der Waals surface area contributed by atoms with E-state index in [1.165, 1.54) is 6.92 Å². The highest BCUT2D eigenvalue weighted by Crippen LogP contribution is 2.49. The van der Waals surface area contributed by atoms with Gasteiger partial charge < -0.3 is 9.88 Å². The highest BCUT2D eigenvalue weighted by atomic mass is 32.2. The molecular formula is C23H25N5O4S. The van der Waals surface area contributed by atoms with Gasteiger partial charge in [0.25, 0.3) is 10.1 Å². The second-order valence-electron chi connectivity index (χ2n) is 9.35. The van der Waals surface area contributed by atoms with Gasteiger partial charge in [-0.2, -0.15) is 8.42 Å². The summed E-state index contributed by atoms with van der Waals surface area (Å²) in [5, 5.41) is 8.39. The number of carbonyl (C=O) groups excluding carboxylic acids is 1. The van der Waals surface area contributed by atoms with Crippen molar-refractivity contribution in [3.8, 4) is 0 Å². The quantitative estimate of drug-likeness (QED) is 0.320. The maximum atomic E-state index is 12.4. The van der Waals surface area contributed by atoms with Crippen LogP contribution in [0.15, 0.2) is 39.4 Å². The van der Waals surface area contributed by atoms with Gasteiger partial charge in [0.15, 0.2) is 5.78 Å². The summed E-state index contributed by atoms with van der Waals surface area (Å²) in [6.07, 6.45) is 2.28. The number of Topliss-reactive ketones (excluding diaryl/α,β-unsaturated/α-hetero) is 1. The predicted octanol–water partition coefficient (Wildman–Crippen LogP) is 4.86. The Hall–Kier alpha value is -3.11. The SMILES string of the molecule is CC(=O)c1ccc2nc(N=Nc3cc4c5c(c3S(=O)(=O)O)CCCN5CCC4(C)C)[nH]c2c1. The molecule has 10 heteroatoms. The molecule has 0 radical (unpaired) electrons. The molecule has 0 amide bonds. The molecule has 172 valence electrons. The van der Waals surface area contributed by atoms with Crippen LogP contribution in [-0.4, -0.2) is 41.8 Å². The van der Waals surface area contributed by atoms with Crippen molar-refractivity contribution < 1.29 is 17.8 Å². The minimum atomic E-state index is -4.53. The van der Waals surface area contributed by atoms with Gasteiger partial charge >= 0.3 is 0 Å². The number of aromatic amines is 1. The number of nitrogens with zero attached hydrogens (tertiary/aromatic N) is 4. The van der Waals surface area contributed by atoms with Crippen molar-refractivity contribution in [1.29, 1.82) is 0 Å². The summed E-state index contributed by atoms with van der Waals surface area (Å²) in [5.74, 6) is 0.117. The standard InChI is InChI=1S/C23H25N5O4S/c1-13(29)14-6-7-17-18(11-14)25-22(24-17)27-26-19-12-16-20-15(21(19)33(30,31)32)5-4-9-28(20)10-8-23(16,2)3/h6-7,11-12H,4-5,8-10H2,1-3H3,(H,24,25)(H,30,31,32). The van der Waals surface area contributed by atoms with E-state index in [-0.39, 0.29) is 27.7 Å². The first kappa shape index (κ1) is 21.7. The van der Waals surface area contributed by atoms with E-state index < -0.39 is 10.1 Å². The second-order valence-corrected chi connectivity index (χ2v) is 10.7. The van der Waals surface area contributed by atoms with Gasteiger partial charge in [-0.1, -0.05) is 13.8 Å². The molecule has 2 aliphatic heterocycles. The molecular weight excluding hydrogens is 442 g/mol. The lowest BCUT2D eigenvalue weighted by atomic mass is 9.75. The lowest BCUT2D eigenvalue weighted by Gasteiger charge is -2.44. The summed E-state index contributed by atoms with van der Waals surface area (Å²) < 4.78 is 35.0. The molecule has 0 saturated heterocycles. The van der Waals surface area contributed by atoms with Crippen LogP contribution >= 0.6 is 0 Å². The summed E-state index contributed by atoms with van der Waals surface area (Å²) in [6, 6.07) is 6.82. The molecule has 1 aromatic heterocycles. The highest BCUT2D eigenvalue weighted by molar-refractivity contribution is 7.86. The van der Waals surface area contributed by atoms with Crippen LogP contribution in [0.5, 0.6) is 0 Å². The van der Waals surface area contributed by atoms with E-state index in [2.05, 4.69) is 38.9 Å². The number of anilines is 1. The third-order valence-electron chi connectivity index (χ3n) is 6.62. The van der Waals surface area contributed by atoms with Crippen LogP contribution < -0.4 is 4.90 Å². The van der Waals surface area contributed by atoms with E-state index in [0.29, 0.717) is 28.6 Å². The maximum absolute atomic E-state index is 12.4. The Morgan fingerprint density at radius 3 is 2.73 bits per heavy atom. The molecule has 2 aromatic carbocycles. The molecule has 0 unspecified atom stereocenters. The van der Waals surface area contributed by atoms with E-state index in [1.54, 1.807) is 24.3 Å². The average Bonchev–Trinajstić information content (AvgIpc) is 3.16.